The van der Waals surface area contributed by atoms with Gasteiger partial charge in [0.25, 0.3) is 0 Å². The number of carboxylic acids is 1. The lowest BCUT2D eigenvalue weighted by Crippen LogP contribution is -2.52. The van der Waals surface area contributed by atoms with E-state index in [1.165, 1.54) is 6.92 Å². The number of rotatable bonds is 8. The van der Waals surface area contributed by atoms with Crippen molar-refractivity contribution in [3.05, 3.63) is 0 Å². The molecule has 0 saturated carbocycles. The number of carbonyl (C=O) groups is 2. The number of carbonyl (C=O) groups excluding carboxylic acids is 1. The van der Waals surface area contributed by atoms with E-state index in [4.69, 9.17) is 5.11 Å². The molecule has 7 nitrogen and oxygen atoms in total. The van der Waals surface area contributed by atoms with Gasteiger partial charge in [-0.25, -0.2) is 8.42 Å². The van der Waals surface area contributed by atoms with Crippen LogP contribution in [-0.4, -0.2) is 43.9 Å². The number of carboxylic acid groups (broad SMARTS) is 1. The Kier molecular flexibility index (Phi) is 6.27. The van der Waals surface area contributed by atoms with Gasteiger partial charge in [-0.3, -0.25) is 9.59 Å². The summed E-state index contributed by atoms with van der Waals surface area (Å²) >= 11 is 0. The molecular formula is C10H19NO6S. The fraction of sp³-hybridized carbons (Fsp3) is 0.800. The minimum atomic E-state index is -3.84. The Morgan fingerprint density at radius 1 is 1.39 bits per heavy atom. The average molecular weight is 281 g/mol. The maximum absolute atomic E-state index is 11.7. The zero-order valence-electron chi connectivity index (χ0n) is 10.7. The van der Waals surface area contributed by atoms with Crippen LogP contribution in [0.15, 0.2) is 0 Å². The van der Waals surface area contributed by atoms with Gasteiger partial charge < -0.3 is 9.84 Å². The zero-order valence-corrected chi connectivity index (χ0v) is 11.5. The van der Waals surface area contributed by atoms with Crippen LogP contribution in [0.3, 0.4) is 0 Å². The standard InChI is InChI=1S/C10H19NO6S/c1-4-6-10(2,9(13)14)11-18(15,16)7-5-8(12)17-3/h11H,4-7H2,1-3H3,(H,13,14). The molecule has 0 aromatic heterocycles. The number of esters is 1. The first-order valence-electron chi connectivity index (χ1n) is 5.48. The van der Waals surface area contributed by atoms with E-state index in [1.54, 1.807) is 6.92 Å². The van der Waals surface area contributed by atoms with Crippen molar-refractivity contribution >= 4 is 22.0 Å². The molecule has 0 bridgehead atoms. The number of aliphatic carboxylic acids is 1. The lowest BCUT2D eigenvalue weighted by Gasteiger charge is -2.25. The molecule has 0 spiro atoms. The Morgan fingerprint density at radius 2 is 1.94 bits per heavy atom. The number of nitrogens with one attached hydrogen (secondary N) is 1. The highest BCUT2D eigenvalue weighted by Gasteiger charge is 2.36. The van der Waals surface area contributed by atoms with Crippen LogP contribution in [-0.2, 0) is 24.3 Å². The lowest BCUT2D eigenvalue weighted by atomic mass is 9.98. The maximum atomic E-state index is 11.7. The molecule has 0 amide bonds. The monoisotopic (exact) mass is 281 g/mol. The van der Waals surface area contributed by atoms with Crippen LogP contribution < -0.4 is 4.72 Å². The molecule has 0 rings (SSSR count). The molecule has 0 aromatic carbocycles. The van der Waals surface area contributed by atoms with E-state index in [0.29, 0.717) is 6.42 Å². The van der Waals surface area contributed by atoms with E-state index < -0.39 is 33.3 Å². The second-order valence-electron chi connectivity index (χ2n) is 4.13. The van der Waals surface area contributed by atoms with E-state index >= 15 is 0 Å². The summed E-state index contributed by atoms with van der Waals surface area (Å²) in [6.07, 6.45) is 0.371. The van der Waals surface area contributed by atoms with Crippen molar-refractivity contribution in [2.24, 2.45) is 0 Å². The van der Waals surface area contributed by atoms with E-state index in [-0.39, 0.29) is 12.8 Å². The molecule has 0 radical (unpaired) electrons. The Hall–Kier alpha value is -1.15. The molecule has 0 fully saturated rings. The van der Waals surface area contributed by atoms with Crippen LogP contribution in [0.1, 0.15) is 33.1 Å². The first kappa shape index (κ1) is 16.9. The molecule has 106 valence electrons. The van der Waals surface area contributed by atoms with Gasteiger partial charge in [0.1, 0.15) is 5.54 Å². The van der Waals surface area contributed by atoms with Crippen molar-refractivity contribution in [2.45, 2.75) is 38.6 Å². The molecule has 0 aliphatic heterocycles. The number of sulfonamides is 1. The third-order valence-electron chi connectivity index (χ3n) is 2.41. The highest BCUT2D eigenvalue weighted by atomic mass is 32.2. The summed E-state index contributed by atoms with van der Waals surface area (Å²) < 4.78 is 29.8. The van der Waals surface area contributed by atoms with E-state index in [0.717, 1.165) is 7.11 Å². The van der Waals surface area contributed by atoms with Crippen molar-refractivity contribution in [1.29, 1.82) is 0 Å². The van der Waals surface area contributed by atoms with E-state index in [9.17, 15) is 18.0 Å². The Morgan fingerprint density at radius 3 is 2.33 bits per heavy atom. The third-order valence-corrected chi connectivity index (χ3v) is 3.91. The fourth-order valence-electron chi connectivity index (χ4n) is 1.42. The van der Waals surface area contributed by atoms with Crippen molar-refractivity contribution in [3.63, 3.8) is 0 Å². The number of hydrogen-bond acceptors (Lipinski definition) is 5. The van der Waals surface area contributed by atoms with Crippen LogP contribution in [0, 0.1) is 0 Å². The fourth-order valence-corrected chi connectivity index (χ4v) is 2.83. The number of ether oxygens (including phenoxy) is 1. The average Bonchev–Trinajstić information content (AvgIpc) is 2.25. The molecule has 1 atom stereocenters. The lowest BCUT2D eigenvalue weighted by molar-refractivity contribution is -0.143. The molecule has 1 unspecified atom stereocenters. The van der Waals surface area contributed by atoms with Gasteiger partial charge in [-0.15, -0.1) is 0 Å². The SMILES string of the molecule is CCCC(C)(NS(=O)(=O)CCC(=O)OC)C(=O)O. The van der Waals surface area contributed by atoms with E-state index in [2.05, 4.69) is 9.46 Å². The molecule has 18 heavy (non-hydrogen) atoms. The van der Waals surface area contributed by atoms with Gasteiger partial charge in [-0.05, 0) is 13.3 Å². The summed E-state index contributed by atoms with van der Waals surface area (Å²) in [6.45, 7) is 3.05. The second kappa shape index (κ2) is 6.69. The summed E-state index contributed by atoms with van der Waals surface area (Å²) in [5.41, 5.74) is -1.55. The predicted molar refractivity (Wildman–Crippen MR) is 64.5 cm³/mol. The summed E-state index contributed by atoms with van der Waals surface area (Å²) in [6, 6.07) is 0. The zero-order chi connectivity index (χ0) is 14.4. The Labute approximate surface area is 107 Å². The van der Waals surface area contributed by atoms with Crippen LogP contribution >= 0.6 is 0 Å². The third kappa shape index (κ3) is 5.46. The van der Waals surface area contributed by atoms with Crippen molar-refractivity contribution in [1.82, 2.24) is 4.72 Å². The minimum Gasteiger partial charge on any atom is -0.480 e. The Bertz CT molecular complexity index is 405. The molecule has 0 aliphatic rings. The van der Waals surface area contributed by atoms with Gasteiger partial charge >= 0.3 is 11.9 Å². The second-order valence-corrected chi connectivity index (χ2v) is 5.98. The topological polar surface area (TPSA) is 110 Å². The van der Waals surface area contributed by atoms with Gasteiger partial charge in [0.2, 0.25) is 10.0 Å². The molecule has 0 aliphatic carbocycles. The van der Waals surface area contributed by atoms with Crippen LogP contribution in [0.5, 0.6) is 0 Å². The molecule has 0 aromatic rings. The van der Waals surface area contributed by atoms with Gasteiger partial charge in [-0.2, -0.15) is 4.72 Å². The molecule has 8 heteroatoms. The summed E-state index contributed by atoms with van der Waals surface area (Å²) in [5, 5.41) is 9.03. The normalized spacial score (nSPS) is 14.8. The van der Waals surface area contributed by atoms with Gasteiger partial charge in [-0.1, -0.05) is 13.3 Å². The first-order chi connectivity index (χ1) is 8.17. The number of hydrogen-bond donors (Lipinski definition) is 2. The molecule has 0 heterocycles. The van der Waals surface area contributed by atoms with Crippen LogP contribution in [0.25, 0.3) is 0 Å². The predicted octanol–water partition coefficient (Wildman–Crippen LogP) is 0.112. The van der Waals surface area contributed by atoms with Gasteiger partial charge in [0.15, 0.2) is 0 Å². The van der Waals surface area contributed by atoms with Crippen LogP contribution in [0.4, 0.5) is 0 Å². The summed E-state index contributed by atoms with van der Waals surface area (Å²) in [4.78, 5) is 21.9. The van der Waals surface area contributed by atoms with Crippen molar-refractivity contribution < 1.29 is 27.9 Å². The van der Waals surface area contributed by atoms with Gasteiger partial charge in [0.05, 0.1) is 19.3 Å². The maximum Gasteiger partial charge on any atom is 0.324 e. The van der Waals surface area contributed by atoms with Crippen molar-refractivity contribution in [3.8, 4) is 0 Å². The van der Waals surface area contributed by atoms with Crippen molar-refractivity contribution in [2.75, 3.05) is 12.9 Å². The van der Waals surface area contributed by atoms with E-state index in [1.807, 2.05) is 0 Å². The summed E-state index contributed by atoms with van der Waals surface area (Å²) in [5.74, 6) is -2.40. The van der Waals surface area contributed by atoms with Crippen LogP contribution in [0.2, 0.25) is 0 Å². The first-order valence-corrected chi connectivity index (χ1v) is 7.14. The molecule has 0 saturated heterocycles. The quantitative estimate of drug-likeness (QED) is 0.611. The molecular weight excluding hydrogens is 262 g/mol. The number of methoxy groups -OCH3 is 1. The smallest absolute Gasteiger partial charge is 0.324 e. The molecule has 2 N–H and O–H groups in total. The minimum absolute atomic E-state index is 0.166. The Balaban J connectivity index is 4.72. The summed E-state index contributed by atoms with van der Waals surface area (Å²) in [7, 11) is -2.69. The highest BCUT2D eigenvalue weighted by molar-refractivity contribution is 7.89. The van der Waals surface area contributed by atoms with Gasteiger partial charge in [0, 0.05) is 0 Å². The highest BCUT2D eigenvalue weighted by Crippen LogP contribution is 2.14. The largest absolute Gasteiger partial charge is 0.480 e.